The first-order valence-corrected chi connectivity index (χ1v) is 4.31. The Labute approximate surface area is 76.0 Å². The third kappa shape index (κ3) is 1.77. The van der Waals surface area contributed by atoms with E-state index in [4.69, 9.17) is 0 Å². The molecule has 68 valence electrons. The molecular formula is C9H11N3O. The van der Waals surface area contributed by atoms with Crippen molar-refractivity contribution < 1.29 is 4.79 Å². The molecule has 0 unspecified atom stereocenters. The fraction of sp³-hybridized carbons (Fsp3) is 0.333. The number of amides is 1. The van der Waals surface area contributed by atoms with E-state index in [2.05, 4.69) is 27.7 Å². The van der Waals surface area contributed by atoms with Crippen LogP contribution in [-0.2, 0) is 0 Å². The molecule has 0 aromatic carbocycles. The summed E-state index contributed by atoms with van der Waals surface area (Å²) >= 11 is 0. The van der Waals surface area contributed by atoms with Gasteiger partial charge in [-0.05, 0) is 12.8 Å². The predicted octanol–water partition coefficient (Wildman–Crippen LogP) is 0.858. The van der Waals surface area contributed by atoms with Gasteiger partial charge in [-0.25, -0.2) is 0 Å². The highest BCUT2D eigenvalue weighted by atomic mass is 16.1. The molecular weight excluding hydrogens is 166 g/mol. The fourth-order valence-electron chi connectivity index (χ4n) is 1.38. The number of aromatic nitrogens is 2. The Morgan fingerprint density at radius 2 is 2.31 bits per heavy atom. The van der Waals surface area contributed by atoms with Gasteiger partial charge in [0.1, 0.15) is 0 Å². The van der Waals surface area contributed by atoms with Crippen molar-refractivity contribution in [3.8, 4) is 0 Å². The molecule has 0 bridgehead atoms. The maximum Gasteiger partial charge on any atom is 0.254 e. The molecule has 1 aromatic rings. The average molecular weight is 177 g/mol. The van der Waals surface area contributed by atoms with E-state index >= 15 is 0 Å². The zero-order chi connectivity index (χ0) is 9.10. The summed E-state index contributed by atoms with van der Waals surface area (Å²) in [6.07, 6.45) is 9.16. The monoisotopic (exact) mass is 177 g/mol. The van der Waals surface area contributed by atoms with Crippen LogP contribution in [0.2, 0.25) is 0 Å². The van der Waals surface area contributed by atoms with Gasteiger partial charge in [-0.15, -0.1) is 0 Å². The molecule has 4 nitrogen and oxygen atoms in total. The molecule has 0 spiro atoms. The topological polar surface area (TPSA) is 57.8 Å². The smallest absolute Gasteiger partial charge is 0.254 e. The minimum Gasteiger partial charge on any atom is -0.349 e. The molecule has 4 heteroatoms. The molecule has 1 amide bonds. The van der Waals surface area contributed by atoms with Gasteiger partial charge < -0.3 is 5.32 Å². The highest BCUT2D eigenvalue weighted by Crippen LogP contribution is 2.09. The summed E-state index contributed by atoms with van der Waals surface area (Å²) in [5.74, 6) is -0.0533. The van der Waals surface area contributed by atoms with Crippen LogP contribution in [0, 0.1) is 0 Å². The Hall–Kier alpha value is -1.58. The van der Waals surface area contributed by atoms with E-state index in [1.165, 1.54) is 6.20 Å². The van der Waals surface area contributed by atoms with Gasteiger partial charge in [0, 0.05) is 12.2 Å². The number of H-pyrrole nitrogens is 1. The van der Waals surface area contributed by atoms with E-state index in [0.717, 1.165) is 12.8 Å². The number of hydrogen-bond acceptors (Lipinski definition) is 2. The van der Waals surface area contributed by atoms with E-state index in [9.17, 15) is 4.79 Å². The lowest BCUT2D eigenvalue weighted by Crippen LogP contribution is -2.32. The van der Waals surface area contributed by atoms with Crippen LogP contribution in [0.3, 0.4) is 0 Å². The second-order valence-corrected chi connectivity index (χ2v) is 3.10. The summed E-state index contributed by atoms with van der Waals surface area (Å²) in [5, 5.41) is 9.25. The van der Waals surface area contributed by atoms with Crippen molar-refractivity contribution in [2.24, 2.45) is 0 Å². The van der Waals surface area contributed by atoms with E-state index in [0.29, 0.717) is 5.56 Å². The Morgan fingerprint density at radius 1 is 1.54 bits per heavy atom. The minimum atomic E-state index is -0.0533. The Bertz CT molecular complexity index is 308. The van der Waals surface area contributed by atoms with Crippen molar-refractivity contribution in [2.45, 2.75) is 18.9 Å². The second kappa shape index (κ2) is 3.43. The van der Waals surface area contributed by atoms with Crippen LogP contribution in [0.1, 0.15) is 23.2 Å². The summed E-state index contributed by atoms with van der Waals surface area (Å²) in [4.78, 5) is 11.5. The third-order valence-corrected chi connectivity index (χ3v) is 2.10. The normalized spacial score (nSPS) is 16.3. The molecule has 2 rings (SSSR count). The van der Waals surface area contributed by atoms with Crippen molar-refractivity contribution in [1.82, 2.24) is 15.5 Å². The number of nitrogens with one attached hydrogen (secondary N) is 2. The number of carbonyl (C=O) groups excluding carboxylic acids is 1. The maximum absolute atomic E-state index is 11.5. The summed E-state index contributed by atoms with van der Waals surface area (Å²) in [6, 6.07) is 0.266. The zero-order valence-electron chi connectivity index (χ0n) is 7.16. The Balaban J connectivity index is 1.92. The van der Waals surface area contributed by atoms with E-state index in [-0.39, 0.29) is 11.9 Å². The van der Waals surface area contributed by atoms with Crippen LogP contribution < -0.4 is 5.32 Å². The van der Waals surface area contributed by atoms with E-state index in [1.807, 2.05) is 0 Å². The largest absolute Gasteiger partial charge is 0.349 e. The first-order chi connectivity index (χ1) is 6.36. The molecule has 1 aliphatic carbocycles. The number of rotatable bonds is 2. The summed E-state index contributed by atoms with van der Waals surface area (Å²) < 4.78 is 0. The third-order valence-electron chi connectivity index (χ3n) is 2.10. The lowest BCUT2D eigenvalue weighted by Gasteiger charge is -2.10. The average Bonchev–Trinajstić information content (AvgIpc) is 2.74. The van der Waals surface area contributed by atoms with Gasteiger partial charge in [0.05, 0.1) is 11.8 Å². The van der Waals surface area contributed by atoms with Crippen LogP contribution in [-0.4, -0.2) is 22.1 Å². The summed E-state index contributed by atoms with van der Waals surface area (Å²) in [7, 11) is 0. The van der Waals surface area contributed by atoms with Crippen LogP contribution >= 0.6 is 0 Å². The van der Waals surface area contributed by atoms with E-state index in [1.54, 1.807) is 6.20 Å². The Morgan fingerprint density at radius 3 is 2.92 bits per heavy atom. The number of nitrogens with zero attached hydrogens (tertiary/aromatic N) is 1. The fourth-order valence-corrected chi connectivity index (χ4v) is 1.38. The van der Waals surface area contributed by atoms with Crippen LogP contribution in [0.5, 0.6) is 0 Å². The molecule has 0 aliphatic heterocycles. The SMILES string of the molecule is O=C(NC1CC=CC1)c1cn[nH]c1. The van der Waals surface area contributed by atoms with Gasteiger partial charge in [0.15, 0.2) is 0 Å². The quantitative estimate of drug-likeness (QED) is 0.658. The van der Waals surface area contributed by atoms with Crippen LogP contribution in [0.25, 0.3) is 0 Å². The molecule has 1 aliphatic rings. The van der Waals surface area contributed by atoms with Gasteiger partial charge in [0.25, 0.3) is 5.91 Å². The second-order valence-electron chi connectivity index (χ2n) is 3.10. The van der Waals surface area contributed by atoms with Crippen LogP contribution in [0.4, 0.5) is 0 Å². The number of aromatic amines is 1. The van der Waals surface area contributed by atoms with Crippen molar-refractivity contribution in [3.63, 3.8) is 0 Å². The van der Waals surface area contributed by atoms with Gasteiger partial charge in [-0.3, -0.25) is 9.89 Å². The standard InChI is InChI=1S/C9H11N3O/c13-9(7-5-10-11-6-7)12-8-3-1-2-4-8/h1-2,5-6,8H,3-4H2,(H,10,11)(H,12,13). The molecule has 2 N–H and O–H groups in total. The summed E-state index contributed by atoms with van der Waals surface area (Å²) in [5.41, 5.74) is 0.590. The lowest BCUT2D eigenvalue weighted by atomic mass is 10.2. The van der Waals surface area contributed by atoms with Crippen molar-refractivity contribution in [2.75, 3.05) is 0 Å². The Kier molecular flexibility index (Phi) is 2.12. The van der Waals surface area contributed by atoms with Gasteiger partial charge in [-0.2, -0.15) is 5.10 Å². The number of carbonyl (C=O) groups is 1. The predicted molar refractivity (Wildman–Crippen MR) is 48.2 cm³/mol. The molecule has 1 aromatic heterocycles. The van der Waals surface area contributed by atoms with Crippen LogP contribution in [0.15, 0.2) is 24.5 Å². The summed E-state index contributed by atoms with van der Waals surface area (Å²) in [6.45, 7) is 0. The molecule has 13 heavy (non-hydrogen) atoms. The number of hydrogen-bond donors (Lipinski definition) is 2. The van der Waals surface area contributed by atoms with Gasteiger partial charge in [-0.1, -0.05) is 12.2 Å². The van der Waals surface area contributed by atoms with Gasteiger partial charge in [0.2, 0.25) is 0 Å². The molecule has 0 radical (unpaired) electrons. The first-order valence-electron chi connectivity index (χ1n) is 4.31. The molecule has 0 fully saturated rings. The van der Waals surface area contributed by atoms with Crippen molar-refractivity contribution >= 4 is 5.91 Å². The minimum absolute atomic E-state index is 0.0533. The molecule has 0 atom stereocenters. The van der Waals surface area contributed by atoms with E-state index < -0.39 is 0 Å². The van der Waals surface area contributed by atoms with Crippen molar-refractivity contribution in [1.29, 1.82) is 0 Å². The lowest BCUT2D eigenvalue weighted by molar-refractivity contribution is 0.0939. The highest BCUT2D eigenvalue weighted by molar-refractivity contribution is 5.93. The van der Waals surface area contributed by atoms with Crippen molar-refractivity contribution in [3.05, 3.63) is 30.1 Å². The first kappa shape index (κ1) is 8.04. The molecule has 1 heterocycles. The zero-order valence-corrected chi connectivity index (χ0v) is 7.16. The highest BCUT2D eigenvalue weighted by Gasteiger charge is 2.14. The maximum atomic E-state index is 11.5. The molecule has 0 saturated heterocycles. The van der Waals surface area contributed by atoms with Gasteiger partial charge >= 0.3 is 0 Å². The molecule has 0 saturated carbocycles.